The second kappa shape index (κ2) is 7.99. The minimum Gasteiger partial charge on any atom is -0.507 e. The maximum absolute atomic E-state index is 14.1. The van der Waals surface area contributed by atoms with Gasteiger partial charge in [-0.05, 0) is 48.9 Å². The van der Waals surface area contributed by atoms with Crippen molar-refractivity contribution >= 4 is 16.7 Å². The van der Waals surface area contributed by atoms with Crippen LogP contribution in [0.2, 0.25) is 0 Å². The van der Waals surface area contributed by atoms with E-state index in [1.165, 1.54) is 19.1 Å². The molecular formula is C23H21F2NO4. The second-order valence-corrected chi connectivity index (χ2v) is 7.53. The van der Waals surface area contributed by atoms with Gasteiger partial charge in [0.25, 0.3) is 0 Å². The first kappa shape index (κ1) is 20.2. The third kappa shape index (κ3) is 3.50. The fourth-order valence-electron chi connectivity index (χ4n) is 4.05. The van der Waals surface area contributed by atoms with Gasteiger partial charge in [0.15, 0.2) is 11.6 Å². The lowest BCUT2D eigenvalue weighted by atomic mass is 9.85. The summed E-state index contributed by atoms with van der Waals surface area (Å²) >= 11 is 0. The summed E-state index contributed by atoms with van der Waals surface area (Å²) in [5.74, 6) is -4.10. The van der Waals surface area contributed by atoms with Crippen LogP contribution in [0.15, 0.2) is 36.4 Å². The van der Waals surface area contributed by atoms with Gasteiger partial charge in [0.1, 0.15) is 5.75 Å². The molecular weight excluding hydrogens is 392 g/mol. The molecule has 1 atom stereocenters. The Morgan fingerprint density at radius 1 is 1.17 bits per heavy atom. The molecule has 2 N–H and O–H groups in total. The van der Waals surface area contributed by atoms with Crippen molar-refractivity contribution in [1.29, 1.82) is 0 Å². The molecule has 0 amide bonds. The van der Waals surface area contributed by atoms with Gasteiger partial charge in [-0.2, -0.15) is 0 Å². The zero-order valence-corrected chi connectivity index (χ0v) is 16.4. The number of carboxylic acids is 1. The fraction of sp³-hybridized carbons (Fsp3) is 0.304. The maximum Gasteiger partial charge on any atom is 0.312 e. The number of benzene rings is 2. The van der Waals surface area contributed by atoms with E-state index in [1.807, 2.05) is 0 Å². The van der Waals surface area contributed by atoms with Crippen LogP contribution in [0.3, 0.4) is 0 Å². The summed E-state index contributed by atoms with van der Waals surface area (Å²) in [6, 6.07) is 8.49. The fourth-order valence-corrected chi connectivity index (χ4v) is 4.05. The highest BCUT2D eigenvalue weighted by Crippen LogP contribution is 2.43. The van der Waals surface area contributed by atoms with E-state index in [1.54, 1.807) is 12.1 Å². The first-order valence-corrected chi connectivity index (χ1v) is 9.80. The van der Waals surface area contributed by atoms with E-state index in [0.717, 1.165) is 12.1 Å². The van der Waals surface area contributed by atoms with Crippen LogP contribution in [0.4, 0.5) is 8.78 Å². The predicted octanol–water partition coefficient (Wildman–Crippen LogP) is 4.97. The summed E-state index contributed by atoms with van der Waals surface area (Å²) in [6.07, 6.45) is 1.35. The summed E-state index contributed by atoms with van der Waals surface area (Å²) in [7, 11) is 0. The Hall–Kier alpha value is -3.06. The number of hydrogen-bond acceptors (Lipinski definition) is 4. The van der Waals surface area contributed by atoms with E-state index in [9.17, 15) is 23.8 Å². The summed E-state index contributed by atoms with van der Waals surface area (Å²) < 4.78 is 33.1. The Labute approximate surface area is 171 Å². The van der Waals surface area contributed by atoms with Gasteiger partial charge in [-0.15, -0.1) is 0 Å². The number of aliphatic carboxylic acids is 1. The molecule has 1 aliphatic heterocycles. The minimum absolute atomic E-state index is 0.0339. The molecule has 0 radical (unpaired) electrons. The van der Waals surface area contributed by atoms with Gasteiger partial charge in [-0.3, -0.25) is 9.78 Å². The number of phenols is 1. The van der Waals surface area contributed by atoms with E-state index < -0.39 is 23.5 Å². The Morgan fingerprint density at radius 2 is 1.90 bits per heavy atom. The number of carboxylic acid groups (broad SMARTS) is 1. The number of ether oxygens (including phenoxy) is 1. The van der Waals surface area contributed by atoms with Gasteiger partial charge in [0.05, 0.1) is 17.3 Å². The van der Waals surface area contributed by atoms with Crippen LogP contribution in [0, 0.1) is 11.6 Å². The lowest BCUT2D eigenvalue weighted by Gasteiger charge is -2.26. The molecule has 1 aliphatic rings. The van der Waals surface area contributed by atoms with Crippen molar-refractivity contribution in [2.45, 2.75) is 31.6 Å². The SMILES string of the molecule is CC(C(=O)O)c1nc(C2CCOCC2)c(-c2ccc(F)c(F)c2)c2cccc(O)c12. The van der Waals surface area contributed by atoms with Crippen molar-refractivity contribution in [2.24, 2.45) is 0 Å². The van der Waals surface area contributed by atoms with Gasteiger partial charge < -0.3 is 14.9 Å². The number of nitrogens with zero attached hydrogens (tertiary/aromatic N) is 1. The number of carbonyl (C=O) groups is 1. The van der Waals surface area contributed by atoms with Gasteiger partial charge in [0.2, 0.25) is 0 Å². The molecule has 3 aromatic rings. The molecule has 7 heteroatoms. The molecule has 4 rings (SSSR count). The molecule has 5 nitrogen and oxygen atoms in total. The monoisotopic (exact) mass is 413 g/mol. The van der Waals surface area contributed by atoms with Crippen LogP contribution in [-0.4, -0.2) is 34.4 Å². The summed E-state index contributed by atoms with van der Waals surface area (Å²) in [5.41, 5.74) is 1.87. The number of hydrogen-bond donors (Lipinski definition) is 2. The maximum atomic E-state index is 14.1. The zero-order chi connectivity index (χ0) is 21.4. The molecule has 30 heavy (non-hydrogen) atoms. The number of pyridine rings is 1. The van der Waals surface area contributed by atoms with Crippen LogP contribution >= 0.6 is 0 Å². The second-order valence-electron chi connectivity index (χ2n) is 7.53. The average molecular weight is 413 g/mol. The smallest absolute Gasteiger partial charge is 0.312 e. The van der Waals surface area contributed by atoms with Crippen molar-refractivity contribution in [3.05, 3.63) is 59.4 Å². The third-order valence-electron chi connectivity index (χ3n) is 5.66. The van der Waals surface area contributed by atoms with Crippen molar-refractivity contribution in [3.63, 3.8) is 0 Å². The molecule has 0 aliphatic carbocycles. The molecule has 2 aromatic carbocycles. The van der Waals surface area contributed by atoms with Crippen molar-refractivity contribution in [1.82, 2.24) is 4.98 Å². The molecule has 0 bridgehead atoms. The van der Waals surface area contributed by atoms with E-state index in [2.05, 4.69) is 0 Å². The summed E-state index contributed by atoms with van der Waals surface area (Å²) in [5, 5.41) is 21.0. The van der Waals surface area contributed by atoms with Crippen molar-refractivity contribution < 1.29 is 28.5 Å². The molecule has 156 valence electrons. The zero-order valence-electron chi connectivity index (χ0n) is 16.4. The molecule has 1 aromatic heterocycles. The molecule has 0 spiro atoms. The normalized spacial score (nSPS) is 16.0. The molecule has 2 heterocycles. The standard InChI is InChI=1S/C23H21F2NO4/c1-12(23(28)29)21-20-15(3-2-4-18(20)27)19(14-5-6-16(24)17(25)11-14)22(26-21)13-7-9-30-10-8-13/h2-6,11-13,27H,7-10H2,1H3,(H,28,29). The number of phenolic OH excluding ortho intramolecular Hbond substituents is 1. The largest absolute Gasteiger partial charge is 0.507 e. The van der Waals surface area contributed by atoms with Crippen LogP contribution in [0.25, 0.3) is 21.9 Å². The highest BCUT2D eigenvalue weighted by atomic mass is 19.2. The van der Waals surface area contributed by atoms with Gasteiger partial charge in [-0.1, -0.05) is 18.2 Å². The molecule has 0 saturated carbocycles. The minimum atomic E-state index is -1.06. The van der Waals surface area contributed by atoms with E-state index >= 15 is 0 Å². The van der Waals surface area contributed by atoms with E-state index in [4.69, 9.17) is 9.72 Å². The van der Waals surface area contributed by atoms with Crippen molar-refractivity contribution in [2.75, 3.05) is 13.2 Å². The quantitative estimate of drug-likeness (QED) is 0.632. The number of fused-ring (bicyclic) bond motifs is 1. The first-order chi connectivity index (χ1) is 14.4. The van der Waals surface area contributed by atoms with Crippen molar-refractivity contribution in [3.8, 4) is 16.9 Å². The predicted molar refractivity (Wildman–Crippen MR) is 108 cm³/mol. The molecule has 1 unspecified atom stereocenters. The Kier molecular flexibility index (Phi) is 5.39. The third-order valence-corrected chi connectivity index (χ3v) is 5.66. The number of aromatic hydroxyl groups is 1. The van der Waals surface area contributed by atoms with Crippen LogP contribution < -0.4 is 0 Å². The lowest BCUT2D eigenvalue weighted by molar-refractivity contribution is -0.138. The van der Waals surface area contributed by atoms with E-state index in [0.29, 0.717) is 53.6 Å². The van der Waals surface area contributed by atoms with Crippen LogP contribution in [0.1, 0.15) is 43.0 Å². The molecule has 1 saturated heterocycles. The lowest BCUT2D eigenvalue weighted by Crippen LogP contribution is -2.18. The van der Waals surface area contributed by atoms with E-state index in [-0.39, 0.29) is 17.4 Å². The summed E-state index contributed by atoms with van der Waals surface area (Å²) in [4.78, 5) is 16.5. The number of aromatic nitrogens is 1. The van der Waals surface area contributed by atoms with Gasteiger partial charge >= 0.3 is 5.97 Å². The first-order valence-electron chi connectivity index (χ1n) is 9.80. The Morgan fingerprint density at radius 3 is 2.57 bits per heavy atom. The highest BCUT2D eigenvalue weighted by Gasteiger charge is 2.29. The number of rotatable bonds is 4. The Balaban J connectivity index is 2.09. The molecule has 1 fully saturated rings. The topological polar surface area (TPSA) is 79.7 Å². The highest BCUT2D eigenvalue weighted by molar-refractivity contribution is 6.03. The van der Waals surface area contributed by atoms with Gasteiger partial charge in [-0.25, -0.2) is 8.78 Å². The number of halogens is 2. The van der Waals surface area contributed by atoms with Crippen LogP contribution in [-0.2, 0) is 9.53 Å². The Bertz CT molecular complexity index is 1130. The summed E-state index contributed by atoms with van der Waals surface area (Å²) in [6.45, 7) is 2.58. The average Bonchev–Trinajstić information content (AvgIpc) is 2.75. The van der Waals surface area contributed by atoms with Gasteiger partial charge in [0, 0.05) is 30.1 Å². The van der Waals surface area contributed by atoms with Crippen LogP contribution in [0.5, 0.6) is 5.75 Å².